The van der Waals surface area contributed by atoms with Gasteiger partial charge in [-0.1, -0.05) is 0 Å². The van der Waals surface area contributed by atoms with E-state index in [0.29, 0.717) is 13.2 Å². The van der Waals surface area contributed by atoms with Crippen molar-refractivity contribution in [2.24, 2.45) is 5.92 Å². The molecular weight excluding hydrogens is 254 g/mol. The minimum absolute atomic E-state index is 0.0562. The molecular formula is C16H21NO3. The molecule has 1 unspecified atom stereocenters. The summed E-state index contributed by atoms with van der Waals surface area (Å²) in [5.41, 5.74) is 4.67. The van der Waals surface area contributed by atoms with E-state index in [9.17, 15) is 9.59 Å². The highest BCUT2D eigenvalue weighted by Gasteiger charge is 2.37. The molecule has 1 aromatic carbocycles. The highest BCUT2D eigenvalue weighted by Crippen LogP contribution is 2.26. The van der Waals surface area contributed by atoms with Crippen LogP contribution in [0.1, 0.15) is 23.6 Å². The van der Waals surface area contributed by atoms with Crippen molar-refractivity contribution in [1.29, 1.82) is 0 Å². The summed E-state index contributed by atoms with van der Waals surface area (Å²) >= 11 is 0. The fraction of sp³-hybridized carbons (Fsp3) is 0.500. The smallest absolute Gasteiger partial charge is 0.318 e. The number of ether oxygens (including phenoxy) is 1. The average Bonchev–Trinajstić information content (AvgIpc) is 2.78. The molecule has 0 radical (unpaired) electrons. The summed E-state index contributed by atoms with van der Waals surface area (Å²) in [4.78, 5) is 25.7. The van der Waals surface area contributed by atoms with Crippen LogP contribution in [0.3, 0.4) is 0 Å². The Labute approximate surface area is 119 Å². The van der Waals surface area contributed by atoms with Crippen molar-refractivity contribution in [3.63, 3.8) is 0 Å². The maximum Gasteiger partial charge on any atom is 0.318 e. The fourth-order valence-corrected chi connectivity index (χ4v) is 2.53. The SMILES string of the molecule is CCOC(=O)C1CN(c2cc(C)c(C)c(C)c2)CC1=O. The van der Waals surface area contributed by atoms with E-state index in [1.165, 1.54) is 16.7 Å². The summed E-state index contributed by atoms with van der Waals surface area (Å²) in [6.45, 7) is 8.97. The molecule has 0 saturated carbocycles. The zero-order chi connectivity index (χ0) is 14.9. The molecule has 1 aliphatic heterocycles. The van der Waals surface area contributed by atoms with Crippen molar-refractivity contribution < 1.29 is 14.3 Å². The second kappa shape index (κ2) is 5.65. The highest BCUT2D eigenvalue weighted by atomic mass is 16.5. The van der Waals surface area contributed by atoms with Crippen LogP contribution in [0.15, 0.2) is 12.1 Å². The van der Waals surface area contributed by atoms with E-state index in [1.54, 1.807) is 6.92 Å². The Bertz CT molecular complexity index is 528. The molecule has 1 saturated heterocycles. The maximum atomic E-state index is 12.0. The molecule has 108 valence electrons. The Morgan fingerprint density at radius 1 is 1.30 bits per heavy atom. The number of carbonyl (C=O) groups is 2. The number of hydrogen-bond acceptors (Lipinski definition) is 4. The van der Waals surface area contributed by atoms with Crippen LogP contribution in [-0.2, 0) is 14.3 Å². The van der Waals surface area contributed by atoms with E-state index >= 15 is 0 Å². The lowest BCUT2D eigenvalue weighted by Gasteiger charge is -2.20. The lowest BCUT2D eigenvalue weighted by molar-refractivity contribution is -0.149. The molecule has 1 atom stereocenters. The fourth-order valence-electron chi connectivity index (χ4n) is 2.53. The average molecular weight is 275 g/mol. The molecule has 4 nitrogen and oxygen atoms in total. The van der Waals surface area contributed by atoms with Gasteiger partial charge in [-0.15, -0.1) is 0 Å². The molecule has 0 spiro atoms. The number of benzene rings is 1. The largest absolute Gasteiger partial charge is 0.465 e. The van der Waals surface area contributed by atoms with Crippen molar-refractivity contribution in [1.82, 2.24) is 0 Å². The van der Waals surface area contributed by atoms with Gasteiger partial charge in [0.2, 0.25) is 0 Å². The third-order valence-electron chi connectivity index (χ3n) is 3.99. The molecule has 0 bridgehead atoms. The van der Waals surface area contributed by atoms with Gasteiger partial charge >= 0.3 is 5.97 Å². The van der Waals surface area contributed by atoms with Crippen LogP contribution in [0.2, 0.25) is 0 Å². The van der Waals surface area contributed by atoms with Gasteiger partial charge in [0.1, 0.15) is 5.92 Å². The van der Waals surface area contributed by atoms with Gasteiger partial charge in [-0.3, -0.25) is 9.59 Å². The molecule has 20 heavy (non-hydrogen) atoms. The third-order valence-corrected chi connectivity index (χ3v) is 3.99. The van der Waals surface area contributed by atoms with Crippen molar-refractivity contribution in [3.8, 4) is 0 Å². The Balaban J connectivity index is 2.20. The molecule has 0 N–H and O–H groups in total. The third kappa shape index (κ3) is 2.69. The van der Waals surface area contributed by atoms with E-state index in [4.69, 9.17) is 4.74 Å². The van der Waals surface area contributed by atoms with E-state index in [-0.39, 0.29) is 12.3 Å². The van der Waals surface area contributed by atoms with Crippen LogP contribution >= 0.6 is 0 Å². The van der Waals surface area contributed by atoms with Crippen molar-refractivity contribution in [3.05, 3.63) is 28.8 Å². The number of nitrogens with zero attached hydrogens (tertiary/aromatic N) is 1. The number of ketones is 1. The molecule has 1 aromatic rings. The van der Waals surface area contributed by atoms with Gasteiger partial charge in [0.15, 0.2) is 5.78 Å². The summed E-state index contributed by atoms with van der Waals surface area (Å²) in [6.07, 6.45) is 0. The molecule has 1 aliphatic rings. The highest BCUT2D eigenvalue weighted by molar-refractivity contribution is 6.04. The minimum atomic E-state index is -0.642. The van der Waals surface area contributed by atoms with Crippen molar-refractivity contribution >= 4 is 17.4 Å². The lowest BCUT2D eigenvalue weighted by Crippen LogP contribution is -2.25. The predicted molar refractivity (Wildman–Crippen MR) is 78.0 cm³/mol. The zero-order valence-electron chi connectivity index (χ0n) is 12.5. The van der Waals surface area contributed by atoms with Crippen LogP contribution in [0.5, 0.6) is 0 Å². The normalized spacial score (nSPS) is 18.5. The van der Waals surface area contributed by atoms with Gasteiger partial charge in [-0.25, -0.2) is 0 Å². The lowest BCUT2D eigenvalue weighted by atomic mass is 10.0. The van der Waals surface area contributed by atoms with Crippen molar-refractivity contribution in [2.45, 2.75) is 27.7 Å². The second-order valence-corrected chi connectivity index (χ2v) is 5.36. The number of aryl methyl sites for hydroxylation is 2. The number of rotatable bonds is 3. The Morgan fingerprint density at radius 3 is 2.45 bits per heavy atom. The summed E-state index contributed by atoms with van der Waals surface area (Å²) in [6, 6.07) is 4.15. The molecule has 2 rings (SSSR count). The Hall–Kier alpha value is -1.84. The van der Waals surface area contributed by atoms with Gasteiger partial charge in [0.25, 0.3) is 0 Å². The Morgan fingerprint density at radius 2 is 1.90 bits per heavy atom. The van der Waals surface area contributed by atoms with E-state index in [1.807, 2.05) is 4.90 Å². The maximum absolute atomic E-state index is 12.0. The monoisotopic (exact) mass is 275 g/mol. The number of carbonyl (C=O) groups excluding carboxylic acids is 2. The number of anilines is 1. The van der Waals surface area contributed by atoms with Crippen LogP contribution < -0.4 is 4.90 Å². The molecule has 0 amide bonds. The number of esters is 1. The molecule has 1 heterocycles. The number of hydrogen-bond donors (Lipinski definition) is 0. The first-order valence-corrected chi connectivity index (χ1v) is 6.96. The van der Waals surface area contributed by atoms with Crippen LogP contribution in [-0.4, -0.2) is 31.4 Å². The summed E-state index contributed by atoms with van der Waals surface area (Å²) in [7, 11) is 0. The summed E-state index contributed by atoms with van der Waals surface area (Å²) in [5, 5.41) is 0. The first kappa shape index (κ1) is 14.6. The zero-order valence-corrected chi connectivity index (χ0v) is 12.5. The van der Waals surface area contributed by atoms with Gasteiger partial charge in [0.05, 0.1) is 13.2 Å². The van der Waals surface area contributed by atoms with Crippen LogP contribution in [0.4, 0.5) is 5.69 Å². The summed E-state index contributed by atoms with van der Waals surface area (Å²) < 4.78 is 4.96. The first-order chi connectivity index (χ1) is 9.43. The standard InChI is InChI=1S/C16H21NO3/c1-5-20-16(19)14-8-17(9-15(14)18)13-6-10(2)12(4)11(3)7-13/h6-7,14H,5,8-9H2,1-4H3. The molecule has 1 fully saturated rings. The topological polar surface area (TPSA) is 46.6 Å². The van der Waals surface area contributed by atoms with Gasteiger partial charge in [-0.05, 0) is 56.5 Å². The quantitative estimate of drug-likeness (QED) is 0.626. The Kier molecular flexibility index (Phi) is 4.12. The van der Waals surface area contributed by atoms with Crippen molar-refractivity contribution in [2.75, 3.05) is 24.6 Å². The van der Waals surface area contributed by atoms with Crippen LogP contribution in [0, 0.1) is 26.7 Å². The first-order valence-electron chi connectivity index (χ1n) is 6.96. The molecule has 0 aliphatic carbocycles. The van der Waals surface area contributed by atoms with Gasteiger partial charge in [0, 0.05) is 12.2 Å². The van der Waals surface area contributed by atoms with Gasteiger partial charge < -0.3 is 9.64 Å². The second-order valence-electron chi connectivity index (χ2n) is 5.36. The molecule has 4 heteroatoms. The predicted octanol–water partition coefficient (Wildman–Crippen LogP) is 2.18. The van der Waals surface area contributed by atoms with Crippen LogP contribution in [0.25, 0.3) is 0 Å². The minimum Gasteiger partial charge on any atom is -0.465 e. The van der Waals surface area contributed by atoms with Gasteiger partial charge in [-0.2, -0.15) is 0 Å². The molecule has 0 aromatic heterocycles. The summed E-state index contributed by atoms with van der Waals surface area (Å²) in [5.74, 6) is -1.10. The van der Waals surface area contributed by atoms with E-state index in [0.717, 1.165) is 5.69 Å². The van der Waals surface area contributed by atoms with E-state index in [2.05, 4.69) is 32.9 Å². The van der Waals surface area contributed by atoms with E-state index < -0.39 is 11.9 Å². The number of Topliss-reactive ketones (excluding diaryl/α,β-unsaturated/α-hetero) is 1.